The first-order valence-corrected chi connectivity index (χ1v) is 5.74. The number of anilines is 2. The number of nitrogens with zero attached hydrogens (tertiary/aromatic N) is 2. The fourth-order valence-corrected chi connectivity index (χ4v) is 1.62. The van der Waals surface area contributed by atoms with E-state index < -0.39 is 17.2 Å². The Hall–Kier alpha value is -1.53. The standard InChI is InChI=1S/C11H6Cl2F3N3/c12-6-1-3-7(4-2-6)17-9-5-8(11(14,15)16)18-10(13)19-9/h1-5H,(H,17,18,19). The van der Waals surface area contributed by atoms with Gasteiger partial charge in [-0.05, 0) is 35.9 Å². The van der Waals surface area contributed by atoms with Crippen molar-refractivity contribution in [3.05, 3.63) is 46.3 Å². The summed E-state index contributed by atoms with van der Waals surface area (Å²) in [5.41, 5.74) is -0.573. The third-order valence-electron chi connectivity index (χ3n) is 2.11. The molecule has 0 unspecified atom stereocenters. The minimum absolute atomic E-state index is 0.0466. The normalized spacial score (nSPS) is 11.4. The highest BCUT2D eigenvalue weighted by Gasteiger charge is 2.33. The first kappa shape index (κ1) is 13.9. The van der Waals surface area contributed by atoms with Gasteiger partial charge in [-0.2, -0.15) is 13.2 Å². The maximum atomic E-state index is 12.5. The van der Waals surface area contributed by atoms with Crippen molar-refractivity contribution in [2.75, 3.05) is 5.32 Å². The van der Waals surface area contributed by atoms with Crippen molar-refractivity contribution in [2.24, 2.45) is 0 Å². The zero-order valence-corrected chi connectivity index (χ0v) is 10.7. The van der Waals surface area contributed by atoms with Crippen LogP contribution in [0.2, 0.25) is 10.3 Å². The quantitative estimate of drug-likeness (QED) is 0.827. The monoisotopic (exact) mass is 307 g/mol. The lowest BCUT2D eigenvalue weighted by atomic mass is 10.3. The van der Waals surface area contributed by atoms with Gasteiger partial charge in [0.1, 0.15) is 5.82 Å². The summed E-state index contributed by atoms with van der Waals surface area (Å²) >= 11 is 11.2. The lowest BCUT2D eigenvalue weighted by molar-refractivity contribution is -0.141. The molecule has 1 aromatic heterocycles. The van der Waals surface area contributed by atoms with Gasteiger partial charge in [0.15, 0.2) is 5.69 Å². The summed E-state index contributed by atoms with van der Waals surface area (Å²) in [7, 11) is 0. The average molecular weight is 308 g/mol. The molecule has 0 bridgehead atoms. The van der Waals surface area contributed by atoms with Gasteiger partial charge in [0.05, 0.1) is 0 Å². The molecule has 0 saturated carbocycles. The average Bonchev–Trinajstić information content (AvgIpc) is 2.30. The molecule has 0 saturated heterocycles. The number of hydrogen-bond acceptors (Lipinski definition) is 3. The van der Waals surface area contributed by atoms with Crippen molar-refractivity contribution < 1.29 is 13.2 Å². The van der Waals surface area contributed by atoms with Gasteiger partial charge in [-0.15, -0.1) is 0 Å². The fourth-order valence-electron chi connectivity index (χ4n) is 1.31. The van der Waals surface area contributed by atoms with Crippen LogP contribution in [0.4, 0.5) is 24.7 Å². The van der Waals surface area contributed by atoms with Gasteiger partial charge in [-0.3, -0.25) is 0 Å². The molecule has 0 aliphatic heterocycles. The van der Waals surface area contributed by atoms with Crippen LogP contribution in [0.25, 0.3) is 0 Å². The lowest BCUT2D eigenvalue weighted by Gasteiger charge is -2.09. The first-order valence-electron chi connectivity index (χ1n) is 4.99. The van der Waals surface area contributed by atoms with E-state index in [0.29, 0.717) is 10.7 Å². The Labute approximate surface area is 116 Å². The van der Waals surface area contributed by atoms with Crippen molar-refractivity contribution in [1.29, 1.82) is 0 Å². The van der Waals surface area contributed by atoms with Crippen LogP contribution in [-0.4, -0.2) is 9.97 Å². The molecule has 2 rings (SSSR count). The van der Waals surface area contributed by atoms with Gasteiger partial charge in [0, 0.05) is 16.8 Å². The van der Waals surface area contributed by atoms with Gasteiger partial charge >= 0.3 is 6.18 Å². The smallest absolute Gasteiger partial charge is 0.340 e. The largest absolute Gasteiger partial charge is 0.433 e. The Morgan fingerprint density at radius 2 is 1.63 bits per heavy atom. The molecule has 1 N–H and O–H groups in total. The van der Waals surface area contributed by atoms with E-state index in [0.717, 1.165) is 6.07 Å². The van der Waals surface area contributed by atoms with E-state index in [-0.39, 0.29) is 5.82 Å². The van der Waals surface area contributed by atoms with Crippen molar-refractivity contribution in [2.45, 2.75) is 6.18 Å². The lowest BCUT2D eigenvalue weighted by Crippen LogP contribution is -2.10. The Balaban J connectivity index is 2.30. The molecule has 0 radical (unpaired) electrons. The number of aromatic nitrogens is 2. The van der Waals surface area contributed by atoms with Gasteiger partial charge in [-0.25, -0.2) is 9.97 Å². The van der Waals surface area contributed by atoms with E-state index >= 15 is 0 Å². The summed E-state index contributed by atoms with van der Waals surface area (Å²) in [6, 6.07) is 7.17. The van der Waals surface area contributed by atoms with E-state index in [4.69, 9.17) is 23.2 Å². The molecule has 2 aromatic rings. The van der Waals surface area contributed by atoms with E-state index in [1.165, 1.54) is 0 Å². The zero-order valence-electron chi connectivity index (χ0n) is 9.17. The Morgan fingerprint density at radius 3 is 2.21 bits per heavy atom. The summed E-state index contributed by atoms with van der Waals surface area (Å²) in [4.78, 5) is 6.80. The molecular formula is C11H6Cl2F3N3. The topological polar surface area (TPSA) is 37.8 Å². The number of alkyl halides is 3. The van der Waals surface area contributed by atoms with E-state index in [2.05, 4.69) is 15.3 Å². The van der Waals surface area contributed by atoms with Crippen LogP contribution in [-0.2, 0) is 6.18 Å². The van der Waals surface area contributed by atoms with Crippen molar-refractivity contribution in [1.82, 2.24) is 9.97 Å². The molecular weight excluding hydrogens is 302 g/mol. The van der Waals surface area contributed by atoms with E-state index in [1.807, 2.05) is 0 Å². The Morgan fingerprint density at radius 1 is 1.00 bits per heavy atom. The molecule has 1 heterocycles. The summed E-state index contributed by atoms with van der Waals surface area (Å²) < 4.78 is 37.6. The maximum Gasteiger partial charge on any atom is 0.433 e. The molecule has 8 heteroatoms. The molecule has 0 amide bonds. The number of benzene rings is 1. The van der Waals surface area contributed by atoms with Crippen LogP contribution in [0.1, 0.15) is 5.69 Å². The van der Waals surface area contributed by atoms with Crippen molar-refractivity contribution in [3.63, 3.8) is 0 Å². The SMILES string of the molecule is FC(F)(F)c1cc(Nc2ccc(Cl)cc2)nc(Cl)n1. The van der Waals surface area contributed by atoms with Crippen LogP contribution in [0.15, 0.2) is 30.3 Å². The molecule has 0 aliphatic rings. The van der Waals surface area contributed by atoms with E-state index in [9.17, 15) is 13.2 Å². The first-order chi connectivity index (χ1) is 8.84. The molecule has 0 spiro atoms. The van der Waals surface area contributed by atoms with Gasteiger partial charge in [0.25, 0.3) is 0 Å². The van der Waals surface area contributed by atoms with Crippen molar-refractivity contribution >= 4 is 34.7 Å². The van der Waals surface area contributed by atoms with Gasteiger partial charge in [-0.1, -0.05) is 11.6 Å². The number of nitrogens with one attached hydrogen (secondary N) is 1. The summed E-state index contributed by atoms with van der Waals surface area (Å²) in [6.45, 7) is 0. The molecule has 3 nitrogen and oxygen atoms in total. The second-order valence-electron chi connectivity index (χ2n) is 3.54. The van der Waals surface area contributed by atoms with Gasteiger partial charge < -0.3 is 5.32 Å². The second kappa shape index (κ2) is 5.22. The molecule has 0 aliphatic carbocycles. The third kappa shape index (κ3) is 3.71. The predicted molar refractivity (Wildman–Crippen MR) is 66.8 cm³/mol. The van der Waals surface area contributed by atoms with Crippen LogP contribution < -0.4 is 5.32 Å². The molecule has 1 aromatic carbocycles. The number of rotatable bonds is 2. The highest BCUT2D eigenvalue weighted by atomic mass is 35.5. The molecule has 19 heavy (non-hydrogen) atoms. The second-order valence-corrected chi connectivity index (χ2v) is 4.31. The van der Waals surface area contributed by atoms with Gasteiger partial charge in [0.2, 0.25) is 5.28 Å². The molecule has 0 atom stereocenters. The van der Waals surface area contributed by atoms with Crippen LogP contribution >= 0.6 is 23.2 Å². The molecule has 100 valence electrons. The van der Waals surface area contributed by atoms with E-state index in [1.54, 1.807) is 24.3 Å². The number of halogens is 5. The summed E-state index contributed by atoms with van der Waals surface area (Å²) in [5, 5.41) is 2.73. The molecule has 0 fully saturated rings. The maximum absolute atomic E-state index is 12.5. The van der Waals surface area contributed by atoms with Crippen LogP contribution in [0, 0.1) is 0 Å². The minimum Gasteiger partial charge on any atom is -0.340 e. The minimum atomic E-state index is -4.58. The van der Waals surface area contributed by atoms with Crippen LogP contribution in [0.5, 0.6) is 0 Å². The fraction of sp³-hybridized carbons (Fsp3) is 0.0909. The number of hydrogen-bond donors (Lipinski definition) is 1. The zero-order chi connectivity index (χ0) is 14.0. The Bertz CT molecular complexity index is 585. The summed E-state index contributed by atoms with van der Waals surface area (Å²) in [5.74, 6) is -0.0466. The highest BCUT2D eigenvalue weighted by molar-refractivity contribution is 6.30. The Kier molecular flexibility index (Phi) is 3.82. The predicted octanol–water partition coefficient (Wildman–Crippen LogP) is 4.55. The third-order valence-corrected chi connectivity index (χ3v) is 2.53. The van der Waals surface area contributed by atoms with Crippen LogP contribution in [0.3, 0.4) is 0 Å². The van der Waals surface area contributed by atoms with Crippen molar-refractivity contribution in [3.8, 4) is 0 Å². The summed E-state index contributed by atoms with van der Waals surface area (Å²) in [6.07, 6.45) is -4.58. The highest BCUT2D eigenvalue weighted by Crippen LogP contribution is 2.30.